The van der Waals surface area contributed by atoms with Gasteiger partial charge in [0.15, 0.2) is 81.4 Å². The highest BCUT2D eigenvalue weighted by molar-refractivity contribution is 6.29. The van der Waals surface area contributed by atoms with E-state index in [0.717, 1.165) is 0 Å². The minimum atomic E-state index is -2.53. The normalized spacial score (nSPS) is 19.6. The number of fused-ring (bicyclic) bond motifs is 5. The largest absolute Gasteiger partial charge is 0.504 e. The van der Waals surface area contributed by atoms with Gasteiger partial charge in [0.1, 0.15) is 18.8 Å². The molecule has 1 saturated heterocycles. The van der Waals surface area contributed by atoms with Crippen molar-refractivity contribution >= 4 is 50.6 Å². The van der Waals surface area contributed by atoms with Gasteiger partial charge >= 0.3 is 29.2 Å². The summed E-state index contributed by atoms with van der Waals surface area (Å²) in [5, 5.41) is 159. The Labute approximate surface area is 365 Å². The fourth-order valence-corrected chi connectivity index (χ4v) is 8.03. The Bertz CT molecular complexity index is 3470. The second-order valence-electron chi connectivity index (χ2n) is 14.9. The summed E-state index contributed by atoms with van der Waals surface area (Å²) in [5.74, 6) is -22.8. The molecular weight excluding hydrogens is 908 g/mol. The number of aliphatic hydroxyl groups excluding tert-OH is 2. The lowest BCUT2D eigenvalue weighted by Crippen LogP contribution is -2.61. The Balaban J connectivity index is 1.35. The van der Waals surface area contributed by atoms with Crippen LogP contribution in [0.3, 0.4) is 0 Å². The molecule has 0 aliphatic carbocycles. The van der Waals surface area contributed by atoms with Crippen LogP contribution in [0.1, 0.15) is 31.1 Å². The predicted molar refractivity (Wildman–Crippen MR) is 212 cm³/mol. The summed E-state index contributed by atoms with van der Waals surface area (Å²) in [7, 11) is 0. The van der Waals surface area contributed by atoms with Gasteiger partial charge in [0.05, 0.1) is 27.5 Å². The molecule has 6 bridgehead atoms. The number of hydrogen-bond donors (Lipinski definition) is 15. The lowest BCUT2D eigenvalue weighted by Gasteiger charge is -2.41. The number of phenolic OH excluding ortho intramolecular Hbond substituents is 13. The fourth-order valence-electron chi connectivity index (χ4n) is 8.03. The number of benzene rings is 5. The van der Waals surface area contributed by atoms with Crippen LogP contribution in [0.5, 0.6) is 74.7 Å². The molecule has 5 aromatic carbocycles. The van der Waals surface area contributed by atoms with Gasteiger partial charge in [0.25, 0.3) is 0 Å². The smallest absolute Gasteiger partial charge is 0.345 e. The zero-order valence-corrected chi connectivity index (χ0v) is 32.6. The number of aromatic hydroxyl groups is 13. The van der Waals surface area contributed by atoms with E-state index in [-0.39, 0.29) is 0 Å². The van der Waals surface area contributed by atoms with Gasteiger partial charge in [-0.05, 0) is 24.3 Å². The maximum Gasteiger partial charge on any atom is 0.345 e. The second kappa shape index (κ2) is 14.6. The predicted octanol–water partition coefficient (Wildman–Crippen LogP) is 0.997. The van der Waals surface area contributed by atoms with Gasteiger partial charge in [-0.2, -0.15) is 0 Å². The SMILES string of the molecule is O=C(O[C@@H]1[C@@H](O)[C@@H]2OC(=O)c3cc(O)c(O)c(O)c3-c3c(O)c(O)c4oc(=O)c5c(c(O)c(O)c6oc(=O)c3c4c65)-c3c(cc(O)c(O)c3O)C(=O)OC[C@H]2O[C@@H]1O)c1cc(O)c(O)c(O)c1. The van der Waals surface area contributed by atoms with Gasteiger partial charge in [-0.1, -0.05) is 0 Å². The summed E-state index contributed by atoms with van der Waals surface area (Å²) >= 11 is 0. The van der Waals surface area contributed by atoms with Crippen LogP contribution in [-0.4, -0.2) is 132 Å². The van der Waals surface area contributed by atoms with Gasteiger partial charge in [-0.15, -0.1) is 0 Å². The number of ether oxygens (including phenoxy) is 4. The van der Waals surface area contributed by atoms with Crippen LogP contribution in [0.4, 0.5) is 0 Å². The molecule has 346 valence electrons. The second-order valence-corrected chi connectivity index (χ2v) is 14.9. The van der Waals surface area contributed by atoms with Gasteiger partial charge in [-0.25, -0.2) is 24.0 Å². The average Bonchev–Trinajstić information content (AvgIpc) is 3.28. The molecule has 26 heteroatoms. The Morgan fingerprint density at radius 1 is 0.522 bits per heavy atom. The maximum atomic E-state index is 14.4. The van der Waals surface area contributed by atoms with Crippen LogP contribution >= 0.6 is 0 Å². The lowest BCUT2D eigenvalue weighted by molar-refractivity contribution is -0.284. The van der Waals surface area contributed by atoms with Gasteiger partial charge < -0.3 is 104 Å². The summed E-state index contributed by atoms with van der Waals surface area (Å²) in [6.45, 7) is -1.30. The lowest BCUT2D eigenvalue weighted by atomic mass is 9.88. The number of phenols is 13. The Morgan fingerprint density at radius 3 is 1.43 bits per heavy atom. The van der Waals surface area contributed by atoms with Crippen molar-refractivity contribution in [2.75, 3.05) is 6.61 Å². The van der Waals surface area contributed by atoms with Crippen molar-refractivity contribution < 1.29 is 119 Å². The molecule has 0 saturated carbocycles. The van der Waals surface area contributed by atoms with Crippen LogP contribution in [-0.2, 0) is 18.9 Å². The van der Waals surface area contributed by atoms with Gasteiger partial charge in [0, 0.05) is 33.0 Å². The van der Waals surface area contributed by atoms with Crippen molar-refractivity contribution in [3.8, 4) is 97.0 Å². The first-order chi connectivity index (χ1) is 31.5. The van der Waals surface area contributed by atoms with Crippen LogP contribution in [0, 0.1) is 0 Å². The van der Waals surface area contributed by atoms with Crippen molar-refractivity contribution in [1.29, 1.82) is 0 Å². The maximum absolute atomic E-state index is 14.4. The number of hydrogen-bond acceptors (Lipinski definition) is 26. The van der Waals surface area contributed by atoms with E-state index >= 15 is 0 Å². The number of aliphatic hydroxyl groups is 2. The first kappa shape index (κ1) is 43.0. The summed E-state index contributed by atoms with van der Waals surface area (Å²) < 4.78 is 32.0. The quantitative estimate of drug-likeness (QED) is 0.0378. The molecule has 9 rings (SSSR count). The minimum absolute atomic E-state index is 0.360. The van der Waals surface area contributed by atoms with E-state index in [1.165, 1.54) is 0 Å². The van der Waals surface area contributed by atoms with Crippen molar-refractivity contribution in [3.05, 3.63) is 61.8 Å². The summed E-state index contributed by atoms with van der Waals surface area (Å²) in [6.07, 6.45) is -11.9. The summed E-state index contributed by atoms with van der Waals surface area (Å²) in [6, 6.07) is 1.95. The van der Waals surface area contributed by atoms with Crippen LogP contribution in [0.2, 0.25) is 0 Å². The van der Waals surface area contributed by atoms with Crippen molar-refractivity contribution in [1.82, 2.24) is 0 Å². The molecule has 0 spiro atoms. The van der Waals surface area contributed by atoms with E-state index in [9.17, 15) is 101 Å². The standard InChI is InChI=1S/C41H26O26/c42-9-1-6(2-10(43)22(9)46)36(56)67-35-31(55)32-13(63-41(35)61)5-62-37(57)7-3-11(44)23(47)25(49)14(7)16-20-18-19-21(40(60)66-33(18)29(53)27(16)51)17(28(52)30(54)34(19)65-39(20)59)15-8(38(58)64-32)4-12(45)24(48)26(15)50/h1-4,13,31-32,35,41-55,61H,5H2/t13-,31+,32-,35-,41+/m1/s1. The Kier molecular flexibility index (Phi) is 9.39. The average molecular weight is 935 g/mol. The molecule has 26 nitrogen and oxygen atoms in total. The molecule has 2 aromatic heterocycles. The first-order valence-electron chi connectivity index (χ1n) is 18.7. The van der Waals surface area contributed by atoms with Crippen molar-refractivity contribution in [2.45, 2.75) is 30.7 Å². The molecule has 15 N–H and O–H groups in total. The molecule has 0 radical (unpaired) electrons. The highest BCUT2D eigenvalue weighted by atomic mass is 16.7. The molecule has 2 aliphatic rings. The van der Waals surface area contributed by atoms with E-state index in [2.05, 4.69) is 0 Å². The third-order valence-corrected chi connectivity index (χ3v) is 11.1. The number of carbonyl (C=O) groups is 3. The molecule has 7 aromatic rings. The summed E-state index contributed by atoms with van der Waals surface area (Å²) in [5.41, 5.74) is -13.3. The monoisotopic (exact) mass is 934 g/mol. The fraction of sp³-hybridized carbons (Fsp3) is 0.146. The zero-order chi connectivity index (χ0) is 48.6. The number of esters is 3. The first-order valence-corrected chi connectivity index (χ1v) is 18.7. The van der Waals surface area contributed by atoms with Crippen LogP contribution in [0.15, 0.2) is 42.7 Å². The number of cyclic esters (lactones) is 1. The third kappa shape index (κ3) is 6.04. The Hall–Kier alpha value is -9.27. The highest BCUT2D eigenvalue weighted by Crippen LogP contribution is 2.58. The molecule has 0 unspecified atom stereocenters. The van der Waals surface area contributed by atoms with E-state index in [1.807, 2.05) is 0 Å². The molecule has 2 aliphatic heterocycles. The molecule has 1 fully saturated rings. The zero-order valence-electron chi connectivity index (χ0n) is 32.6. The van der Waals surface area contributed by atoms with Crippen molar-refractivity contribution in [2.24, 2.45) is 0 Å². The van der Waals surface area contributed by atoms with Gasteiger partial charge in [-0.3, -0.25) is 0 Å². The molecule has 0 amide bonds. The van der Waals surface area contributed by atoms with E-state index in [0.29, 0.717) is 24.3 Å². The number of rotatable bonds is 2. The van der Waals surface area contributed by atoms with Crippen molar-refractivity contribution in [3.63, 3.8) is 0 Å². The van der Waals surface area contributed by atoms with Crippen LogP contribution < -0.4 is 11.3 Å². The Morgan fingerprint density at radius 2 is 0.955 bits per heavy atom. The van der Waals surface area contributed by atoms with E-state index in [4.69, 9.17) is 27.8 Å². The van der Waals surface area contributed by atoms with Crippen LogP contribution in [0.25, 0.3) is 55.0 Å². The molecule has 4 heterocycles. The van der Waals surface area contributed by atoms with Gasteiger partial charge in [0.2, 0.25) is 23.0 Å². The molecule has 67 heavy (non-hydrogen) atoms. The number of carbonyl (C=O) groups excluding carboxylic acids is 3. The third-order valence-electron chi connectivity index (χ3n) is 11.1. The summed E-state index contributed by atoms with van der Waals surface area (Å²) in [4.78, 5) is 69.7. The van der Waals surface area contributed by atoms with E-state index < -0.39 is 213 Å². The topological polar surface area (TPSA) is 452 Å². The van der Waals surface area contributed by atoms with E-state index in [1.54, 1.807) is 0 Å². The minimum Gasteiger partial charge on any atom is -0.504 e. The molecule has 5 atom stereocenters. The highest BCUT2D eigenvalue weighted by Gasteiger charge is 2.50. The molecular formula is C41H26O26.